The molecule has 4 rings (SSSR count). The van der Waals surface area contributed by atoms with Crippen molar-refractivity contribution < 1.29 is 13.2 Å². The Kier molecular flexibility index (Phi) is 4.98. The van der Waals surface area contributed by atoms with Gasteiger partial charge >= 0.3 is 0 Å². The Labute approximate surface area is 155 Å². The molecule has 0 radical (unpaired) electrons. The number of ether oxygens (including phenoxy) is 1. The Balaban J connectivity index is 1.58. The average Bonchev–Trinajstić information content (AvgIpc) is 2.84. The first-order valence-corrected chi connectivity index (χ1v) is 11.2. The van der Waals surface area contributed by atoms with E-state index in [-0.39, 0.29) is 11.7 Å². The van der Waals surface area contributed by atoms with Gasteiger partial charge < -0.3 is 4.74 Å². The van der Waals surface area contributed by atoms with Gasteiger partial charge in [0.15, 0.2) is 0 Å². The molecule has 0 bridgehead atoms. The Bertz CT molecular complexity index is 844. The van der Waals surface area contributed by atoms with E-state index in [9.17, 15) is 8.42 Å². The molecule has 2 aliphatic carbocycles. The quantitative estimate of drug-likeness (QED) is 0.784. The Morgan fingerprint density at radius 3 is 2.54 bits per heavy atom. The number of nitrogens with zero attached hydrogens (tertiary/aromatic N) is 1. The monoisotopic (exact) mass is 371 g/mol. The Hall–Kier alpha value is -1.88. The maximum atomic E-state index is 12.0. The molecule has 4 nitrogen and oxygen atoms in total. The molecule has 1 aromatic rings. The fourth-order valence-corrected chi connectivity index (χ4v) is 5.24. The standard InChI is InChI=1S/C21H25NO3S/c23-26(24)15-14-17-6-4-5-9-20(21(17)22-26)16-10-12-19(13-11-16)25-18-7-2-1-3-8-18/h4-5,9-13,17-18H,1-3,6-8,14-15H2. The van der Waals surface area contributed by atoms with Gasteiger partial charge in [0.1, 0.15) is 5.75 Å². The Morgan fingerprint density at radius 1 is 1.00 bits per heavy atom. The predicted molar refractivity (Wildman–Crippen MR) is 105 cm³/mol. The van der Waals surface area contributed by atoms with Gasteiger partial charge in [0.05, 0.1) is 17.6 Å². The summed E-state index contributed by atoms with van der Waals surface area (Å²) in [4.78, 5) is 0. The van der Waals surface area contributed by atoms with E-state index in [2.05, 4.69) is 10.5 Å². The Morgan fingerprint density at radius 2 is 1.77 bits per heavy atom. The molecular formula is C21H25NO3S. The summed E-state index contributed by atoms with van der Waals surface area (Å²) in [5, 5.41) is 0. The van der Waals surface area contributed by atoms with Crippen LogP contribution in [0, 0.1) is 5.92 Å². The highest BCUT2D eigenvalue weighted by atomic mass is 32.2. The highest BCUT2D eigenvalue weighted by Crippen LogP contribution is 2.32. The molecule has 1 saturated carbocycles. The largest absolute Gasteiger partial charge is 0.490 e. The van der Waals surface area contributed by atoms with Crippen molar-refractivity contribution in [2.75, 3.05) is 5.75 Å². The molecule has 138 valence electrons. The van der Waals surface area contributed by atoms with Crippen LogP contribution in [0.5, 0.6) is 5.75 Å². The molecule has 3 aliphatic rings. The van der Waals surface area contributed by atoms with Crippen molar-refractivity contribution in [3.63, 3.8) is 0 Å². The lowest BCUT2D eigenvalue weighted by Crippen LogP contribution is -2.25. The van der Waals surface area contributed by atoms with Gasteiger partial charge in [-0.2, -0.15) is 4.40 Å². The summed E-state index contributed by atoms with van der Waals surface area (Å²) >= 11 is 0. The van der Waals surface area contributed by atoms with E-state index in [4.69, 9.17) is 4.74 Å². The zero-order valence-electron chi connectivity index (χ0n) is 14.9. The second-order valence-electron chi connectivity index (χ2n) is 7.39. The minimum Gasteiger partial charge on any atom is -0.490 e. The predicted octanol–water partition coefficient (Wildman–Crippen LogP) is 4.53. The molecule has 0 spiro atoms. The van der Waals surface area contributed by atoms with Crippen LogP contribution in [-0.4, -0.2) is 26.0 Å². The SMILES string of the molecule is O=S1(=O)CCC2CC=CC=C(c3ccc(OC4CCCCC4)cc3)C2=N1. The lowest BCUT2D eigenvalue weighted by atomic mass is 9.89. The second-order valence-corrected chi connectivity index (χ2v) is 9.15. The molecule has 1 atom stereocenters. The van der Waals surface area contributed by atoms with E-state index in [0.29, 0.717) is 18.2 Å². The summed E-state index contributed by atoms with van der Waals surface area (Å²) in [6, 6.07) is 8.02. The fourth-order valence-electron chi connectivity index (χ4n) is 4.02. The molecule has 1 aromatic carbocycles. The number of rotatable bonds is 3. The smallest absolute Gasteiger partial charge is 0.253 e. The van der Waals surface area contributed by atoms with Crippen LogP contribution in [0.4, 0.5) is 0 Å². The molecule has 1 aliphatic heterocycles. The number of benzene rings is 1. The summed E-state index contributed by atoms with van der Waals surface area (Å²) in [6.07, 6.45) is 14.0. The molecule has 1 unspecified atom stereocenters. The van der Waals surface area contributed by atoms with Crippen LogP contribution < -0.4 is 4.74 Å². The maximum Gasteiger partial charge on any atom is 0.253 e. The fraction of sp³-hybridized carbons (Fsp3) is 0.476. The molecule has 26 heavy (non-hydrogen) atoms. The normalized spacial score (nSPS) is 25.6. The second kappa shape index (κ2) is 7.39. The third kappa shape index (κ3) is 3.93. The number of hydrogen-bond donors (Lipinski definition) is 0. The van der Waals surface area contributed by atoms with Crippen molar-refractivity contribution in [2.24, 2.45) is 10.3 Å². The van der Waals surface area contributed by atoms with E-state index in [1.54, 1.807) is 0 Å². The highest BCUT2D eigenvalue weighted by molar-refractivity contribution is 7.90. The van der Waals surface area contributed by atoms with Crippen molar-refractivity contribution in [3.05, 3.63) is 48.1 Å². The summed E-state index contributed by atoms with van der Waals surface area (Å²) in [7, 11) is -3.34. The molecular weight excluding hydrogens is 346 g/mol. The van der Waals surface area contributed by atoms with E-state index in [1.807, 2.05) is 36.4 Å². The van der Waals surface area contributed by atoms with Crippen LogP contribution in [0.15, 0.2) is 46.9 Å². The van der Waals surface area contributed by atoms with Crippen molar-refractivity contribution >= 4 is 21.3 Å². The zero-order valence-corrected chi connectivity index (χ0v) is 15.7. The van der Waals surface area contributed by atoms with Gasteiger partial charge in [-0.25, -0.2) is 8.42 Å². The summed E-state index contributed by atoms with van der Waals surface area (Å²) in [6.45, 7) is 0. The van der Waals surface area contributed by atoms with Gasteiger partial charge in [0.2, 0.25) is 0 Å². The first kappa shape index (κ1) is 17.5. The van der Waals surface area contributed by atoms with Crippen molar-refractivity contribution in [1.29, 1.82) is 0 Å². The van der Waals surface area contributed by atoms with Gasteiger partial charge in [0.25, 0.3) is 10.0 Å². The van der Waals surface area contributed by atoms with Gasteiger partial charge in [-0.15, -0.1) is 0 Å². The lowest BCUT2D eigenvalue weighted by Gasteiger charge is -2.24. The van der Waals surface area contributed by atoms with Gasteiger partial charge in [-0.3, -0.25) is 0 Å². The van der Waals surface area contributed by atoms with Crippen LogP contribution >= 0.6 is 0 Å². The first-order chi connectivity index (χ1) is 12.6. The highest BCUT2D eigenvalue weighted by Gasteiger charge is 2.29. The third-order valence-electron chi connectivity index (χ3n) is 5.46. The molecule has 0 aromatic heterocycles. The van der Waals surface area contributed by atoms with Crippen LogP contribution in [0.25, 0.3) is 5.57 Å². The summed E-state index contributed by atoms with van der Waals surface area (Å²) < 4.78 is 34.3. The number of sulfonamides is 1. The molecule has 5 heteroatoms. The van der Waals surface area contributed by atoms with Crippen molar-refractivity contribution in [2.45, 2.75) is 51.0 Å². The first-order valence-electron chi connectivity index (χ1n) is 9.57. The summed E-state index contributed by atoms with van der Waals surface area (Å²) in [5.74, 6) is 1.22. The minimum absolute atomic E-state index is 0.149. The molecule has 1 fully saturated rings. The molecule has 0 saturated heterocycles. The minimum atomic E-state index is -3.34. The number of allylic oxidation sites excluding steroid dienone is 4. The van der Waals surface area contributed by atoms with E-state index >= 15 is 0 Å². The van der Waals surface area contributed by atoms with Gasteiger partial charge in [0, 0.05) is 11.5 Å². The maximum absolute atomic E-state index is 12.0. The van der Waals surface area contributed by atoms with Gasteiger partial charge in [-0.1, -0.05) is 36.8 Å². The van der Waals surface area contributed by atoms with Gasteiger partial charge in [-0.05, 0) is 56.2 Å². The van der Waals surface area contributed by atoms with Crippen LogP contribution in [0.1, 0.15) is 50.5 Å². The molecule has 0 amide bonds. The number of fused-ring (bicyclic) bond motifs is 1. The zero-order chi connectivity index (χ0) is 18.0. The number of hydrogen-bond acceptors (Lipinski definition) is 3. The van der Waals surface area contributed by atoms with Crippen molar-refractivity contribution in [3.8, 4) is 5.75 Å². The van der Waals surface area contributed by atoms with E-state index in [1.165, 1.54) is 19.3 Å². The topological polar surface area (TPSA) is 55.7 Å². The lowest BCUT2D eigenvalue weighted by molar-refractivity contribution is 0.155. The molecule has 0 N–H and O–H groups in total. The molecule has 1 heterocycles. The average molecular weight is 372 g/mol. The summed E-state index contributed by atoms with van der Waals surface area (Å²) in [5.41, 5.74) is 2.62. The van der Waals surface area contributed by atoms with E-state index < -0.39 is 10.0 Å². The van der Waals surface area contributed by atoms with Crippen LogP contribution in [0.2, 0.25) is 0 Å². The third-order valence-corrected chi connectivity index (χ3v) is 6.69. The van der Waals surface area contributed by atoms with Crippen LogP contribution in [-0.2, 0) is 10.0 Å². The van der Waals surface area contributed by atoms with Crippen LogP contribution in [0.3, 0.4) is 0 Å². The van der Waals surface area contributed by atoms with Crippen molar-refractivity contribution in [1.82, 2.24) is 0 Å². The van der Waals surface area contributed by atoms with E-state index in [0.717, 1.165) is 36.1 Å².